The van der Waals surface area contributed by atoms with Crippen molar-refractivity contribution < 1.29 is 9.84 Å². The third-order valence-electron chi connectivity index (χ3n) is 6.39. The Morgan fingerprint density at radius 3 is 2.90 bits per heavy atom. The second-order valence-corrected chi connectivity index (χ2v) is 8.15. The highest BCUT2D eigenvalue weighted by Crippen LogP contribution is 2.39. The van der Waals surface area contributed by atoms with Gasteiger partial charge in [0.25, 0.3) is 0 Å². The van der Waals surface area contributed by atoms with Crippen molar-refractivity contribution in [2.45, 2.75) is 50.5 Å². The van der Waals surface area contributed by atoms with E-state index in [-0.39, 0.29) is 30.2 Å². The smallest absolute Gasteiger partial charge is 0.145 e. The van der Waals surface area contributed by atoms with Gasteiger partial charge in [0.2, 0.25) is 0 Å². The predicted octanol–water partition coefficient (Wildman–Crippen LogP) is 3.69. The average molecular weight is 391 g/mol. The van der Waals surface area contributed by atoms with Crippen LogP contribution in [0, 0.1) is 12.8 Å². The van der Waals surface area contributed by atoms with Gasteiger partial charge in [-0.05, 0) is 49.8 Å². The normalized spacial score (nSPS) is 28.7. The lowest BCUT2D eigenvalue weighted by molar-refractivity contribution is 0.0574. The van der Waals surface area contributed by atoms with Crippen LogP contribution in [0.5, 0.6) is 0 Å². The van der Waals surface area contributed by atoms with Crippen molar-refractivity contribution in [3.05, 3.63) is 60.9 Å². The minimum absolute atomic E-state index is 0.0603. The van der Waals surface area contributed by atoms with Gasteiger partial charge in [-0.1, -0.05) is 24.3 Å². The molecule has 0 aliphatic heterocycles. The van der Waals surface area contributed by atoms with Crippen LogP contribution in [0.15, 0.2) is 42.9 Å². The van der Waals surface area contributed by atoms with Crippen LogP contribution in [0.2, 0.25) is 0 Å². The molecule has 2 heterocycles. The van der Waals surface area contributed by atoms with Gasteiger partial charge in [0.05, 0.1) is 23.6 Å². The van der Waals surface area contributed by atoms with E-state index in [9.17, 15) is 5.11 Å². The van der Waals surface area contributed by atoms with E-state index in [1.165, 1.54) is 11.1 Å². The Morgan fingerprint density at radius 2 is 2.10 bits per heavy atom. The molecule has 1 aromatic carbocycles. The highest BCUT2D eigenvalue weighted by atomic mass is 16.5. The van der Waals surface area contributed by atoms with Crippen molar-refractivity contribution in [1.29, 1.82) is 0 Å². The molecule has 2 aliphatic carbocycles. The fourth-order valence-corrected chi connectivity index (χ4v) is 4.93. The maximum atomic E-state index is 10.1. The molecule has 3 aromatic rings. The van der Waals surface area contributed by atoms with E-state index in [1.807, 2.05) is 6.92 Å². The summed E-state index contributed by atoms with van der Waals surface area (Å²) in [7, 11) is 0. The van der Waals surface area contributed by atoms with E-state index in [4.69, 9.17) is 4.74 Å². The summed E-state index contributed by atoms with van der Waals surface area (Å²) in [6.45, 7) is 6.79. The summed E-state index contributed by atoms with van der Waals surface area (Å²) in [6.07, 6.45) is 5.89. The maximum absolute atomic E-state index is 10.1. The van der Waals surface area contributed by atoms with Gasteiger partial charge < -0.3 is 19.7 Å². The zero-order valence-corrected chi connectivity index (χ0v) is 16.7. The van der Waals surface area contributed by atoms with Crippen molar-refractivity contribution in [3.8, 4) is 0 Å². The molecule has 0 bridgehead atoms. The summed E-state index contributed by atoms with van der Waals surface area (Å²) in [5.74, 6) is 0.892. The van der Waals surface area contributed by atoms with Crippen molar-refractivity contribution >= 4 is 16.9 Å². The van der Waals surface area contributed by atoms with Crippen LogP contribution in [0.4, 0.5) is 5.82 Å². The largest absolute Gasteiger partial charge is 0.393 e. The number of aromatic nitrogens is 3. The van der Waals surface area contributed by atoms with Crippen LogP contribution < -0.4 is 5.32 Å². The van der Waals surface area contributed by atoms with Crippen molar-refractivity contribution in [2.24, 2.45) is 5.92 Å². The number of hydrogen-bond donors (Lipinski definition) is 2. The van der Waals surface area contributed by atoms with Gasteiger partial charge in [-0.25, -0.2) is 9.97 Å². The molecule has 29 heavy (non-hydrogen) atoms. The quantitative estimate of drug-likeness (QED) is 0.694. The predicted molar refractivity (Wildman–Crippen MR) is 113 cm³/mol. The lowest BCUT2D eigenvalue weighted by Crippen LogP contribution is -2.25. The molecule has 1 radical (unpaired) electrons. The second-order valence-electron chi connectivity index (χ2n) is 8.15. The number of fused-ring (bicyclic) bond motifs is 2. The Kier molecular flexibility index (Phi) is 4.76. The third-order valence-corrected chi connectivity index (χ3v) is 6.39. The first kappa shape index (κ1) is 18.6. The molecule has 0 spiro atoms. The van der Waals surface area contributed by atoms with Crippen LogP contribution in [0.3, 0.4) is 0 Å². The molecule has 0 unspecified atom stereocenters. The average Bonchev–Trinajstić information content (AvgIpc) is 3.39. The molecule has 0 saturated heterocycles. The van der Waals surface area contributed by atoms with Crippen molar-refractivity contribution in [2.75, 3.05) is 11.9 Å². The van der Waals surface area contributed by atoms with Crippen LogP contribution in [0.25, 0.3) is 11.0 Å². The molecule has 2 aliphatic rings. The molecule has 2 aromatic heterocycles. The number of nitrogens with zero attached hydrogens (tertiary/aromatic N) is 3. The molecule has 5 atom stereocenters. The Hall–Kier alpha value is -2.44. The van der Waals surface area contributed by atoms with Gasteiger partial charge in [0.1, 0.15) is 17.8 Å². The molecular formula is C23H27N4O2. The van der Waals surface area contributed by atoms with Gasteiger partial charge in [0, 0.05) is 25.3 Å². The van der Waals surface area contributed by atoms with Crippen LogP contribution >= 0.6 is 0 Å². The van der Waals surface area contributed by atoms with E-state index < -0.39 is 0 Å². The highest BCUT2D eigenvalue weighted by molar-refractivity contribution is 5.87. The van der Waals surface area contributed by atoms with Crippen LogP contribution in [-0.2, 0) is 11.2 Å². The molecule has 1 fully saturated rings. The lowest BCUT2D eigenvalue weighted by Gasteiger charge is -2.23. The summed E-state index contributed by atoms with van der Waals surface area (Å²) in [4.78, 5) is 9.10. The van der Waals surface area contributed by atoms with Gasteiger partial charge in [0.15, 0.2) is 0 Å². The molecule has 151 valence electrons. The number of benzene rings is 1. The lowest BCUT2D eigenvalue weighted by atomic mass is 10.1. The van der Waals surface area contributed by atoms with E-state index in [1.54, 1.807) is 6.33 Å². The van der Waals surface area contributed by atoms with Crippen LogP contribution in [-0.4, -0.2) is 38.5 Å². The van der Waals surface area contributed by atoms with E-state index in [0.29, 0.717) is 13.0 Å². The van der Waals surface area contributed by atoms with E-state index >= 15 is 0 Å². The number of aliphatic hydroxyl groups excluding tert-OH is 1. The standard InChI is InChI=1S/C23H27N4O2/c1-3-29-20-11-15-6-4-5-7-17(15)21(20)26-22-18-8-9-27(23(18)25-13-24-22)16-10-14(2)19(28)12-16/h4-9,13-14,16,19-21,28H,2-3,10-12H2,1H3,(H,24,25,26)/t14-,16+,19-,20-,21+/m0/s1. The minimum atomic E-state index is -0.348. The molecule has 6 nitrogen and oxygen atoms in total. The Bertz CT molecular complexity index is 1010. The first-order valence-electron chi connectivity index (χ1n) is 10.4. The summed E-state index contributed by atoms with van der Waals surface area (Å²) < 4.78 is 8.21. The second kappa shape index (κ2) is 7.43. The monoisotopic (exact) mass is 391 g/mol. The summed E-state index contributed by atoms with van der Waals surface area (Å²) in [5.41, 5.74) is 3.50. The highest BCUT2D eigenvalue weighted by Gasteiger charge is 2.34. The van der Waals surface area contributed by atoms with Crippen molar-refractivity contribution in [1.82, 2.24) is 14.5 Å². The zero-order chi connectivity index (χ0) is 20.0. The fourth-order valence-electron chi connectivity index (χ4n) is 4.93. The van der Waals surface area contributed by atoms with E-state index in [0.717, 1.165) is 29.7 Å². The SMILES string of the molecule is [CH2][C@H]1C[C@@H](n2ccc3c(N[C@@H]4c5ccccc5C[C@@H]4OCC)ncnc32)C[C@@H]1O. The van der Waals surface area contributed by atoms with Gasteiger partial charge in [-0.2, -0.15) is 0 Å². The molecule has 1 saturated carbocycles. The van der Waals surface area contributed by atoms with Gasteiger partial charge in [-0.15, -0.1) is 0 Å². The first-order chi connectivity index (χ1) is 14.2. The fraction of sp³-hybridized carbons (Fsp3) is 0.435. The molecule has 6 heteroatoms. The Labute approximate surface area is 170 Å². The summed E-state index contributed by atoms with van der Waals surface area (Å²) in [5, 5.41) is 14.8. The maximum Gasteiger partial charge on any atom is 0.145 e. The summed E-state index contributed by atoms with van der Waals surface area (Å²) in [6, 6.07) is 10.9. The number of anilines is 1. The number of hydrogen-bond acceptors (Lipinski definition) is 5. The van der Waals surface area contributed by atoms with Gasteiger partial charge in [-0.3, -0.25) is 0 Å². The van der Waals surface area contributed by atoms with Crippen LogP contribution in [0.1, 0.15) is 43.0 Å². The Balaban J connectivity index is 1.48. The topological polar surface area (TPSA) is 72.2 Å². The number of nitrogens with one attached hydrogen (secondary N) is 1. The van der Waals surface area contributed by atoms with Gasteiger partial charge >= 0.3 is 0 Å². The molecule has 2 N–H and O–H groups in total. The zero-order valence-electron chi connectivity index (χ0n) is 16.7. The van der Waals surface area contributed by atoms with E-state index in [2.05, 4.69) is 63.3 Å². The first-order valence-corrected chi connectivity index (χ1v) is 10.4. The Morgan fingerprint density at radius 1 is 1.24 bits per heavy atom. The minimum Gasteiger partial charge on any atom is -0.393 e. The third kappa shape index (κ3) is 3.20. The molecule has 0 amide bonds. The number of aliphatic hydroxyl groups is 1. The molecule has 5 rings (SSSR count). The number of ether oxygens (including phenoxy) is 1. The van der Waals surface area contributed by atoms with Crippen molar-refractivity contribution in [3.63, 3.8) is 0 Å². The molecular weight excluding hydrogens is 364 g/mol. The summed E-state index contributed by atoms with van der Waals surface area (Å²) >= 11 is 0. The number of rotatable bonds is 5.